The molecule has 0 aliphatic heterocycles. The predicted octanol–water partition coefficient (Wildman–Crippen LogP) is 3.08. The summed E-state index contributed by atoms with van der Waals surface area (Å²) in [6.45, 7) is 5.32. The number of carbonyl (C=O) groups is 1. The molecule has 1 aromatic carbocycles. The number of para-hydroxylation sites is 1. The van der Waals surface area contributed by atoms with Gasteiger partial charge < -0.3 is 10.6 Å². The monoisotopic (exact) mass is 248 g/mol. The van der Waals surface area contributed by atoms with E-state index < -0.39 is 0 Å². The van der Waals surface area contributed by atoms with E-state index in [4.69, 9.17) is 0 Å². The number of benzene rings is 1. The number of carbonyl (C=O) groups excluding carboxylic acids is 1. The van der Waals surface area contributed by atoms with Crippen LogP contribution in [0.25, 0.3) is 0 Å². The molecule has 2 N–H and O–H groups in total. The molecule has 0 fully saturated rings. The summed E-state index contributed by atoms with van der Waals surface area (Å²) in [7, 11) is 0. The van der Waals surface area contributed by atoms with Crippen molar-refractivity contribution < 1.29 is 4.79 Å². The first kappa shape index (κ1) is 14.7. The van der Waals surface area contributed by atoms with Crippen LogP contribution in [0.2, 0.25) is 0 Å². The van der Waals surface area contributed by atoms with E-state index in [1.54, 1.807) is 0 Å². The van der Waals surface area contributed by atoms with Crippen LogP contribution in [0.4, 0.5) is 5.69 Å². The molecule has 0 aliphatic carbocycles. The van der Waals surface area contributed by atoms with Crippen LogP contribution in [0, 0.1) is 0 Å². The van der Waals surface area contributed by atoms with Crippen LogP contribution in [0.3, 0.4) is 0 Å². The van der Waals surface area contributed by atoms with Gasteiger partial charge in [-0.3, -0.25) is 4.79 Å². The zero-order valence-corrected chi connectivity index (χ0v) is 11.2. The normalized spacial score (nSPS) is 10.3. The Balaban J connectivity index is 2.09. The van der Waals surface area contributed by atoms with Gasteiger partial charge in [0.25, 0.3) is 0 Å². The van der Waals surface area contributed by atoms with Crippen LogP contribution >= 0.6 is 0 Å². The molecule has 0 amide bonds. The van der Waals surface area contributed by atoms with E-state index in [-0.39, 0.29) is 0 Å². The van der Waals surface area contributed by atoms with Gasteiger partial charge in [-0.15, -0.1) is 0 Å². The summed E-state index contributed by atoms with van der Waals surface area (Å²) in [5.41, 5.74) is 1.67. The predicted molar refractivity (Wildman–Crippen MR) is 77.3 cm³/mol. The molecule has 0 heterocycles. The third-order valence-corrected chi connectivity index (χ3v) is 2.89. The van der Waals surface area contributed by atoms with Crippen molar-refractivity contribution in [1.29, 1.82) is 0 Å². The summed E-state index contributed by atoms with van der Waals surface area (Å²) >= 11 is 0. The van der Waals surface area contributed by atoms with Crippen molar-refractivity contribution in [2.24, 2.45) is 0 Å². The van der Waals surface area contributed by atoms with Gasteiger partial charge in [-0.2, -0.15) is 0 Å². The SMILES string of the molecule is CCCCNCCCCNc1ccccc1C=O. The van der Waals surface area contributed by atoms with E-state index in [0.29, 0.717) is 0 Å². The lowest BCUT2D eigenvalue weighted by atomic mass is 10.2. The Morgan fingerprint density at radius 2 is 1.78 bits per heavy atom. The maximum absolute atomic E-state index is 10.8. The van der Waals surface area contributed by atoms with E-state index in [9.17, 15) is 4.79 Å². The van der Waals surface area contributed by atoms with Gasteiger partial charge in [0.15, 0.2) is 6.29 Å². The Bertz CT molecular complexity index is 339. The lowest BCUT2D eigenvalue weighted by Gasteiger charge is -2.08. The molecule has 0 spiro atoms. The van der Waals surface area contributed by atoms with Gasteiger partial charge in [0.1, 0.15) is 0 Å². The first-order chi connectivity index (χ1) is 8.88. The van der Waals surface area contributed by atoms with E-state index in [0.717, 1.165) is 43.6 Å². The fourth-order valence-electron chi connectivity index (χ4n) is 1.79. The Morgan fingerprint density at radius 1 is 1.06 bits per heavy atom. The molecule has 100 valence electrons. The van der Waals surface area contributed by atoms with Gasteiger partial charge in [-0.05, 0) is 44.5 Å². The molecule has 18 heavy (non-hydrogen) atoms. The van der Waals surface area contributed by atoms with Crippen LogP contribution < -0.4 is 10.6 Å². The summed E-state index contributed by atoms with van der Waals surface area (Å²) in [5.74, 6) is 0. The van der Waals surface area contributed by atoms with Gasteiger partial charge in [0.05, 0.1) is 0 Å². The van der Waals surface area contributed by atoms with Crippen molar-refractivity contribution in [3.05, 3.63) is 29.8 Å². The Kier molecular flexibility index (Phi) is 7.89. The van der Waals surface area contributed by atoms with Gasteiger partial charge in [-0.25, -0.2) is 0 Å². The minimum absolute atomic E-state index is 0.735. The number of aldehydes is 1. The summed E-state index contributed by atoms with van der Waals surface area (Å²) in [5, 5.41) is 6.73. The molecule has 0 aliphatic rings. The zero-order chi connectivity index (χ0) is 13.1. The van der Waals surface area contributed by atoms with Gasteiger partial charge >= 0.3 is 0 Å². The minimum Gasteiger partial charge on any atom is -0.384 e. The van der Waals surface area contributed by atoms with Crippen LogP contribution in [-0.2, 0) is 0 Å². The molecule has 0 saturated carbocycles. The summed E-state index contributed by atoms with van der Waals surface area (Å²) in [4.78, 5) is 10.8. The minimum atomic E-state index is 0.735. The number of hydrogen-bond acceptors (Lipinski definition) is 3. The topological polar surface area (TPSA) is 41.1 Å². The fourth-order valence-corrected chi connectivity index (χ4v) is 1.79. The largest absolute Gasteiger partial charge is 0.384 e. The molecule has 0 bridgehead atoms. The maximum atomic E-state index is 10.8. The first-order valence-corrected chi connectivity index (χ1v) is 6.87. The number of anilines is 1. The lowest BCUT2D eigenvalue weighted by Crippen LogP contribution is -2.17. The molecule has 0 radical (unpaired) electrons. The number of unbranched alkanes of at least 4 members (excludes halogenated alkanes) is 2. The molecule has 0 atom stereocenters. The van der Waals surface area contributed by atoms with E-state index in [1.165, 1.54) is 19.3 Å². The Labute approximate surface area is 110 Å². The van der Waals surface area contributed by atoms with Crippen molar-refractivity contribution >= 4 is 12.0 Å². The number of hydrogen-bond donors (Lipinski definition) is 2. The van der Waals surface area contributed by atoms with Crippen molar-refractivity contribution in [2.75, 3.05) is 25.0 Å². The molecular formula is C15H24N2O. The molecule has 0 saturated heterocycles. The van der Waals surface area contributed by atoms with Crippen molar-refractivity contribution in [3.8, 4) is 0 Å². The Hall–Kier alpha value is -1.35. The van der Waals surface area contributed by atoms with E-state index in [2.05, 4.69) is 17.6 Å². The number of nitrogens with one attached hydrogen (secondary N) is 2. The second kappa shape index (κ2) is 9.66. The smallest absolute Gasteiger partial charge is 0.152 e. The zero-order valence-electron chi connectivity index (χ0n) is 11.2. The highest BCUT2D eigenvalue weighted by molar-refractivity contribution is 5.83. The van der Waals surface area contributed by atoms with Gasteiger partial charge in [-0.1, -0.05) is 25.5 Å². The molecule has 0 unspecified atom stereocenters. The van der Waals surface area contributed by atoms with Crippen LogP contribution in [-0.4, -0.2) is 25.9 Å². The van der Waals surface area contributed by atoms with Crippen LogP contribution in [0.5, 0.6) is 0 Å². The quantitative estimate of drug-likeness (QED) is 0.494. The molecular weight excluding hydrogens is 224 g/mol. The fraction of sp³-hybridized carbons (Fsp3) is 0.533. The average molecular weight is 248 g/mol. The standard InChI is InChI=1S/C15H24N2O/c1-2-3-10-16-11-6-7-12-17-15-9-5-4-8-14(15)13-18/h4-5,8-9,13,16-17H,2-3,6-7,10-12H2,1H3. The highest BCUT2D eigenvalue weighted by Gasteiger charge is 1.98. The van der Waals surface area contributed by atoms with Crippen LogP contribution in [0.15, 0.2) is 24.3 Å². The van der Waals surface area contributed by atoms with Crippen LogP contribution in [0.1, 0.15) is 43.0 Å². The third-order valence-electron chi connectivity index (χ3n) is 2.89. The molecule has 1 aromatic rings. The first-order valence-electron chi connectivity index (χ1n) is 6.87. The van der Waals surface area contributed by atoms with Crippen molar-refractivity contribution in [3.63, 3.8) is 0 Å². The molecule has 0 aromatic heterocycles. The van der Waals surface area contributed by atoms with E-state index >= 15 is 0 Å². The van der Waals surface area contributed by atoms with Gasteiger partial charge in [0.2, 0.25) is 0 Å². The second-order valence-corrected chi connectivity index (χ2v) is 4.44. The summed E-state index contributed by atoms with van der Waals surface area (Å²) in [6, 6.07) is 7.61. The Morgan fingerprint density at radius 3 is 2.56 bits per heavy atom. The maximum Gasteiger partial charge on any atom is 0.152 e. The second-order valence-electron chi connectivity index (χ2n) is 4.44. The lowest BCUT2D eigenvalue weighted by molar-refractivity contribution is 0.112. The van der Waals surface area contributed by atoms with Crippen molar-refractivity contribution in [1.82, 2.24) is 5.32 Å². The van der Waals surface area contributed by atoms with Gasteiger partial charge in [0, 0.05) is 17.8 Å². The third kappa shape index (κ3) is 5.82. The summed E-state index contributed by atoms with van der Waals surface area (Å²) < 4.78 is 0. The molecule has 3 heteroatoms. The average Bonchev–Trinajstić information content (AvgIpc) is 2.42. The molecule has 1 rings (SSSR count). The highest BCUT2D eigenvalue weighted by atomic mass is 16.1. The number of rotatable bonds is 10. The highest BCUT2D eigenvalue weighted by Crippen LogP contribution is 2.12. The van der Waals surface area contributed by atoms with E-state index in [1.807, 2.05) is 24.3 Å². The molecule has 3 nitrogen and oxygen atoms in total. The summed E-state index contributed by atoms with van der Waals surface area (Å²) in [6.07, 6.45) is 5.68. The van der Waals surface area contributed by atoms with Crippen molar-refractivity contribution in [2.45, 2.75) is 32.6 Å².